The maximum absolute atomic E-state index is 13.8. The van der Waals surface area contributed by atoms with Crippen LogP contribution in [0.3, 0.4) is 0 Å². The lowest BCUT2D eigenvalue weighted by Gasteiger charge is -2.39. The summed E-state index contributed by atoms with van der Waals surface area (Å²) in [5.74, 6) is -0.712. The van der Waals surface area contributed by atoms with Gasteiger partial charge in [-0.25, -0.2) is 9.18 Å². The van der Waals surface area contributed by atoms with E-state index in [1.165, 1.54) is 12.1 Å². The van der Waals surface area contributed by atoms with Crippen LogP contribution in [0, 0.1) is 17.7 Å². The highest BCUT2D eigenvalue weighted by Crippen LogP contribution is 2.41. The van der Waals surface area contributed by atoms with Crippen LogP contribution in [0.25, 0.3) is 10.4 Å². The largest absolute Gasteiger partial charge is 0.477 e. The van der Waals surface area contributed by atoms with Crippen molar-refractivity contribution in [1.29, 1.82) is 0 Å². The number of likely N-dealkylation sites (tertiary alicyclic amines) is 1. The number of carboxylic acids is 1. The van der Waals surface area contributed by atoms with Crippen LogP contribution in [-0.2, 0) is 4.79 Å². The molecule has 1 N–H and O–H groups in total. The monoisotopic (exact) mass is 494 g/mol. The van der Waals surface area contributed by atoms with E-state index < -0.39 is 5.97 Å². The van der Waals surface area contributed by atoms with Gasteiger partial charge in [0.25, 0.3) is 0 Å². The number of piperidine rings is 1. The number of halogens is 2. The van der Waals surface area contributed by atoms with Crippen molar-refractivity contribution in [2.24, 2.45) is 11.8 Å². The molecule has 1 aliphatic heterocycles. The molecule has 2 aliphatic rings. The molecule has 1 saturated heterocycles. The van der Waals surface area contributed by atoms with E-state index in [-0.39, 0.29) is 41.0 Å². The maximum Gasteiger partial charge on any atom is 0.348 e. The van der Waals surface area contributed by atoms with E-state index in [1.807, 2.05) is 11.0 Å². The lowest BCUT2D eigenvalue weighted by atomic mass is 9.82. The van der Waals surface area contributed by atoms with Crippen molar-refractivity contribution >= 4 is 41.3 Å². The summed E-state index contributed by atoms with van der Waals surface area (Å²) in [6.45, 7) is 3.99. The Bertz CT molecular complexity index is 965. The van der Waals surface area contributed by atoms with Crippen LogP contribution in [0.15, 0.2) is 30.3 Å². The number of thiophene rings is 1. The van der Waals surface area contributed by atoms with Crippen molar-refractivity contribution in [3.63, 3.8) is 0 Å². The van der Waals surface area contributed by atoms with Gasteiger partial charge in [0.2, 0.25) is 5.91 Å². The van der Waals surface area contributed by atoms with Crippen LogP contribution in [0.1, 0.15) is 55.1 Å². The Labute approximate surface area is 205 Å². The molecule has 1 saturated carbocycles. The number of hydrogen-bond acceptors (Lipinski definition) is 4. The van der Waals surface area contributed by atoms with Gasteiger partial charge in [0, 0.05) is 16.8 Å². The third-order valence-electron chi connectivity index (χ3n) is 6.95. The molecule has 0 spiro atoms. The first-order chi connectivity index (χ1) is 15.3. The number of carboxylic acid groups (broad SMARTS) is 1. The summed E-state index contributed by atoms with van der Waals surface area (Å²) in [6.07, 6.45) is 5.45. The number of nitrogens with zero attached hydrogens (tertiary/aromatic N) is 2. The fraction of sp³-hybridized carbons (Fsp3) is 0.520. The molecular weight excluding hydrogens is 463 g/mol. The van der Waals surface area contributed by atoms with Crippen LogP contribution in [0.2, 0.25) is 0 Å². The SMILES string of the molecule is CC1CCC(C(=O)N(c2cc(-c3ccc(F)cc3)sc2C(=O)O)C2CCN(C)CC2)CC1.Cl. The minimum absolute atomic E-state index is 0. The molecule has 4 rings (SSSR count). The molecule has 33 heavy (non-hydrogen) atoms. The van der Waals surface area contributed by atoms with Crippen molar-refractivity contribution in [3.05, 3.63) is 41.0 Å². The molecule has 0 atom stereocenters. The predicted molar refractivity (Wildman–Crippen MR) is 133 cm³/mol. The fourth-order valence-corrected chi connectivity index (χ4v) is 5.92. The van der Waals surface area contributed by atoms with E-state index in [2.05, 4.69) is 18.9 Å². The molecule has 5 nitrogen and oxygen atoms in total. The topological polar surface area (TPSA) is 60.9 Å². The highest BCUT2D eigenvalue weighted by Gasteiger charge is 2.37. The minimum Gasteiger partial charge on any atom is -0.477 e. The van der Waals surface area contributed by atoms with Gasteiger partial charge >= 0.3 is 5.97 Å². The van der Waals surface area contributed by atoms with Gasteiger partial charge in [-0.1, -0.05) is 19.1 Å². The van der Waals surface area contributed by atoms with E-state index in [9.17, 15) is 19.1 Å². The zero-order valence-electron chi connectivity index (χ0n) is 19.1. The Morgan fingerprint density at radius 1 is 1.06 bits per heavy atom. The van der Waals surface area contributed by atoms with E-state index in [0.717, 1.165) is 73.4 Å². The average Bonchev–Trinajstić information content (AvgIpc) is 3.21. The highest BCUT2D eigenvalue weighted by atomic mass is 35.5. The van der Waals surface area contributed by atoms with Gasteiger partial charge in [0.1, 0.15) is 10.7 Å². The van der Waals surface area contributed by atoms with Crippen molar-refractivity contribution < 1.29 is 19.1 Å². The standard InChI is InChI=1S/C25H31FN2O3S.ClH/c1-16-3-5-18(6-4-16)24(29)28(20-11-13-27(2)14-12-20)21-15-22(32-23(21)25(30)31)17-7-9-19(26)10-8-17;/h7-10,15-16,18,20H,3-6,11-14H2,1-2H3,(H,30,31);1H. The van der Waals surface area contributed by atoms with Gasteiger partial charge in [-0.05, 0) is 88.3 Å². The highest BCUT2D eigenvalue weighted by molar-refractivity contribution is 7.18. The summed E-state index contributed by atoms with van der Waals surface area (Å²) in [6, 6.07) is 7.87. The number of benzene rings is 1. The van der Waals surface area contributed by atoms with Gasteiger partial charge in [0.05, 0.1) is 5.69 Å². The van der Waals surface area contributed by atoms with Gasteiger partial charge in [-0.3, -0.25) is 4.79 Å². The van der Waals surface area contributed by atoms with Crippen molar-refractivity contribution in [3.8, 4) is 10.4 Å². The third-order valence-corrected chi connectivity index (χ3v) is 8.11. The van der Waals surface area contributed by atoms with Crippen molar-refractivity contribution in [2.75, 3.05) is 25.0 Å². The normalized spacial score (nSPS) is 21.9. The number of carbonyl (C=O) groups is 2. The maximum atomic E-state index is 13.8. The molecule has 1 aliphatic carbocycles. The lowest BCUT2D eigenvalue weighted by molar-refractivity contribution is -0.124. The van der Waals surface area contributed by atoms with Crippen molar-refractivity contribution in [1.82, 2.24) is 4.90 Å². The van der Waals surface area contributed by atoms with Gasteiger partial charge in [-0.15, -0.1) is 23.7 Å². The second-order valence-corrected chi connectivity index (χ2v) is 10.4. The molecule has 8 heteroatoms. The number of rotatable bonds is 5. The van der Waals surface area contributed by atoms with Crippen LogP contribution >= 0.6 is 23.7 Å². The molecule has 1 amide bonds. The lowest BCUT2D eigenvalue weighted by Crippen LogP contribution is -2.49. The second kappa shape index (κ2) is 11.0. The van der Waals surface area contributed by atoms with Crippen LogP contribution < -0.4 is 4.90 Å². The van der Waals surface area contributed by atoms with E-state index in [4.69, 9.17) is 0 Å². The number of anilines is 1. The number of aromatic carboxylic acids is 1. The molecule has 2 heterocycles. The van der Waals surface area contributed by atoms with E-state index in [0.29, 0.717) is 11.6 Å². The first kappa shape index (κ1) is 25.7. The number of amides is 1. The smallest absolute Gasteiger partial charge is 0.348 e. The minimum atomic E-state index is -1.03. The Balaban J connectivity index is 0.00000306. The summed E-state index contributed by atoms with van der Waals surface area (Å²) >= 11 is 1.16. The fourth-order valence-electron chi connectivity index (χ4n) is 4.92. The number of carbonyl (C=O) groups excluding carboxylic acids is 1. The molecule has 2 fully saturated rings. The van der Waals surface area contributed by atoms with Gasteiger partial charge in [0.15, 0.2) is 0 Å². The second-order valence-electron chi connectivity index (χ2n) is 9.34. The van der Waals surface area contributed by atoms with Gasteiger partial charge in [-0.2, -0.15) is 0 Å². The summed E-state index contributed by atoms with van der Waals surface area (Å²) in [5.41, 5.74) is 1.26. The average molecular weight is 495 g/mol. The summed E-state index contributed by atoms with van der Waals surface area (Å²) in [4.78, 5) is 31.0. The first-order valence-corrected chi connectivity index (χ1v) is 12.3. The third kappa shape index (κ3) is 5.76. The molecule has 0 radical (unpaired) electrons. The molecule has 1 aromatic carbocycles. The summed E-state index contributed by atoms with van der Waals surface area (Å²) in [5, 5.41) is 9.99. The molecule has 180 valence electrons. The number of hydrogen-bond donors (Lipinski definition) is 1. The first-order valence-electron chi connectivity index (χ1n) is 11.5. The zero-order chi connectivity index (χ0) is 22.8. The van der Waals surface area contributed by atoms with Crippen LogP contribution in [0.5, 0.6) is 0 Å². The Morgan fingerprint density at radius 3 is 2.24 bits per heavy atom. The zero-order valence-corrected chi connectivity index (χ0v) is 20.8. The Kier molecular flexibility index (Phi) is 8.54. The van der Waals surface area contributed by atoms with Crippen LogP contribution in [-0.4, -0.2) is 48.1 Å². The molecule has 1 aromatic heterocycles. The van der Waals surface area contributed by atoms with Crippen LogP contribution in [0.4, 0.5) is 10.1 Å². The Hall–Kier alpha value is -1.96. The molecular formula is C25H32ClFN2O3S. The predicted octanol–water partition coefficient (Wildman–Crippen LogP) is 5.93. The van der Waals surface area contributed by atoms with Crippen molar-refractivity contribution in [2.45, 2.75) is 51.5 Å². The molecule has 0 unspecified atom stereocenters. The summed E-state index contributed by atoms with van der Waals surface area (Å²) < 4.78 is 13.4. The Morgan fingerprint density at radius 2 is 1.67 bits per heavy atom. The quantitative estimate of drug-likeness (QED) is 0.559. The van der Waals surface area contributed by atoms with E-state index in [1.54, 1.807) is 12.1 Å². The molecule has 2 aromatic rings. The molecule has 0 bridgehead atoms. The van der Waals surface area contributed by atoms with E-state index >= 15 is 0 Å². The van der Waals surface area contributed by atoms with Gasteiger partial charge < -0.3 is 14.9 Å². The summed E-state index contributed by atoms with van der Waals surface area (Å²) in [7, 11) is 2.07.